The highest BCUT2D eigenvalue weighted by atomic mass is 79.9. The molecule has 1 nitrogen and oxygen atoms in total. The van der Waals surface area contributed by atoms with E-state index >= 15 is 0 Å². The lowest BCUT2D eigenvalue weighted by Crippen LogP contribution is -2.13. The number of thioether (sulfide) groups is 1. The van der Waals surface area contributed by atoms with Crippen LogP contribution < -0.4 is 5.32 Å². The summed E-state index contributed by atoms with van der Waals surface area (Å²) in [6, 6.07) is 6.68. The SMILES string of the molecule is CCCNCc1ccc(SC(C)CC)c(Br)c1. The van der Waals surface area contributed by atoms with E-state index in [9.17, 15) is 0 Å². The van der Waals surface area contributed by atoms with Crippen molar-refractivity contribution < 1.29 is 0 Å². The van der Waals surface area contributed by atoms with Gasteiger partial charge in [-0.05, 0) is 53.0 Å². The van der Waals surface area contributed by atoms with E-state index in [0.29, 0.717) is 5.25 Å². The Balaban J connectivity index is 2.59. The fourth-order valence-electron chi connectivity index (χ4n) is 1.46. The van der Waals surface area contributed by atoms with Crippen LogP contribution in [0, 0.1) is 0 Å². The molecule has 0 saturated heterocycles. The molecular formula is C14H22BrNS. The van der Waals surface area contributed by atoms with Gasteiger partial charge in [-0.15, -0.1) is 11.8 Å². The minimum absolute atomic E-state index is 0.676. The minimum Gasteiger partial charge on any atom is -0.313 e. The molecule has 0 aliphatic carbocycles. The van der Waals surface area contributed by atoms with Crippen LogP contribution in [-0.4, -0.2) is 11.8 Å². The molecule has 0 radical (unpaired) electrons. The van der Waals surface area contributed by atoms with E-state index in [4.69, 9.17) is 0 Å². The number of halogens is 1. The van der Waals surface area contributed by atoms with E-state index in [-0.39, 0.29) is 0 Å². The van der Waals surface area contributed by atoms with Gasteiger partial charge in [-0.3, -0.25) is 0 Å². The van der Waals surface area contributed by atoms with Crippen LogP contribution in [-0.2, 0) is 6.54 Å². The molecule has 0 aliphatic rings. The molecule has 1 unspecified atom stereocenters. The number of benzene rings is 1. The quantitative estimate of drug-likeness (QED) is 0.571. The maximum Gasteiger partial charge on any atom is 0.0314 e. The first-order chi connectivity index (χ1) is 8.17. The molecule has 0 aromatic heterocycles. The van der Waals surface area contributed by atoms with Gasteiger partial charge in [-0.2, -0.15) is 0 Å². The normalized spacial score (nSPS) is 12.7. The summed E-state index contributed by atoms with van der Waals surface area (Å²) in [6.07, 6.45) is 2.39. The largest absolute Gasteiger partial charge is 0.313 e. The highest BCUT2D eigenvalue weighted by Gasteiger charge is 2.06. The van der Waals surface area contributed by atoms with Crippen molar-refractivity contribution in [1.29, 1.82) is 0 Å². The summed E-state index contributed by atoms with van der Waals surface area (Å²) in [4.78, 5) is 1.35. The zero-order valence-electron chi connectivity index (χ0n) is 10.9. The molecule has 0 amide bonds. The van der Waals surface area contributed by atoms with Crippen LogP contribution >= 0.6 is 27.7 Å². The molecule has 3 heteroatoms. The molecule has 0 fully saturated rings. The van der Waals surface area contributed by atoms with Gasteiger partial charge in [0.05, 0.1) is 0 Å². The maximum absolute atomic E-state index is 3.67. The second-order valence-electron chi connectivity index (χ2n) is 4.28. The van der Waals surface area contributed by atoms with Crippen LogP contribution in [0.4, 0.5) is 0 Å². The lowest BCUT2D eigenvalue weighted by molar-refractivity contribution is 0.675. The monoisotopic (exact) mass is 315 g/mol. The molecule has 96 valence electrons. The summed E-state index contributed by atoms with van der Waals surface area (Å²) < 4.78 is 1.22. The molecule has 0 saturated carbocycles. The van der Waals surface area contributed by atoms with Gasteiger partial charge >= 0.3 is 0 Å². The smallest absolute Gasteiger partial charge is 0.0314 e. The van der Waals surface area contributed by atoms with Gasteiger partial charge in [-0.25, -0.2) is 0 Å². The highest BCUT2D eigenvalue weighted by Crippen LogP contribution is 2.32. The second-order valence-corrected chi connectivity index (χ2v) is 6.61. The Kier molecular flexibility index (Phi) is 7.24. The lowest BCUT2D eigenvalue weighted by Gasteiger charge is -2.11. The standard InChI is InChI=1S/C14H22BrNS/c1-4-8-16-10-12-6-7-14(13(15)9-12)17-11(3)5-2/h6-7,9,11,16H,4-5,8,10H2,1-3H3. The van der Waals surface area contributed by atoms with Gasteiger partial charge < -0.3 is 5.32 Å². The summed E-state index contributed by atoms with van der Waals surface area (Å²) in [5.41, 5.74) is 1.35. The minimum atomic E-state index is 0.676. The van der Waals surface area contributed by atoms with Gasteiger partial charge in [0, 0.05) is 21.2 Å². The van der Waals surface area contributed by atoms with Gasteiger partial charge in [-0.1, -0.05) is 26.8 Å². The first-order valence-electron chi connectivity index (χ1n) is 6.33. The van der Waals surface area contributed by atoms with E-state index in [1.807, 2.05) is 11.8 Å². The van der Waals surface area contributed by atoms with E-state index in [0.717, 1.165) is 13.1 Å². The lowest BCUT2D eigenvalue weighted by atomic mass is 10.2. The van der Waals surface area contributed by atoms with E-state index < -0.39 is 0 Å². The molecule has 1 atom stereocenters. The predicted octanol–water partition coefficient (Wildman–Crippen LogP) is 4.84. The number of nitrogens with one attached hydrogen (secondary N) is 1. The third kappa shape index (κ3) is 5.45. The molecule has 1 aromatic rings. The van der Waals surface area contributed by atoms with Gasteiger partial charge in [0.2, 0.25) is 0 Å². The fourth-order valence-corrected chi connectivity index (χ4v) is 3.08. The Morgan fingerprint density at radius 1 is 1.35 bits per heavy atom. The van der Waals surface area contributed by atoms with Crippen LogP contribution in [0.3, 0.4) is 0 Å². The average Bonchev–Trinajstić information content (AvgIpc) is 2.32. The van der Waals surface area contributed by atoms with Crippen LogP contribution in [0.2, 0.25) is 0 Å². The molecule has 1 N–H and O–H groups in total. The first-order valence-corrected chi connectivity index (χ1v) is 8.00. The summed E-state index contributed by atoms with van der Waals surface area (Å²) in [7, 11) is 0. The van der Waals surface area contributed by atoms with Crippen LogP contribution in [0.5, 0.6) is 0 Å². The third-order valence-electron chi connectivity index (χ3n) is 2.66. The van der Waals surface area contributed by atoms with E-state index in [2.05, 4.69) is 60.2 Å². The number of hydrogen-bond donors (Lipinski definition) is 1. The number of rotatable bonds is 7. The molecule has 0 aliphatic heterocycles. The Bertz CT molecular complexity index is 341. The fraction of sp³-hybridized carbons (Fsp3) is 0.571. The molecule has 0 bridgehead atoms. The highest BCUT2D eigenvalue weighted by molar-refractivity contribution is 9.10. The summed E-state index contributed by atoms with van der Waals surface area (Å²) in [5, 5.41) is 4.10. The number of hydrogen-bond acceptors (Lipinski definition) is 2. The zero-order chi connectivity index (χ0) is 12.7. The van der Waals surface area contributed by atoms with Crippen molar-refractivity contribution in [3.05, 3.63) is 28.2 Å². The Morgan fingerprint density at radius 3 is 2.71 bits per heavy atom. The molecule has 17 heavy (non-hydrogen) atoms. The summed E-state index contributed by atoms with van der Waals surface area (Å²) in [6.45, 7) is 8.74. The van der Waals surface area contributed by atoms with Crippen molar-refractivity contribution in [3.63, 3.8) is 0 Å². The molecule has 0 spiro atoms. The van der Waals surface area contributed by atoms with Crippen molar-refractivity contribution in [3.8, 4) is 0 Å². The Hall–Kier alpha value is 0.01000. The zero-order valence-corrected chi connectivity index (χ0v) is 13.3. The summed E-state index contributed by atoms with van der Waals surface area (Å²) in [5.74, 6) is 0. The topological polar surface area (TPSA) is 12.0 Å². The Morgan fingerprint density at radius 2 is 2.12 bits per heavy atom. The maximum atomic E-state index is 3.67. The van der Waals surface area contributed by atoms with Crippen molar-refractivity contribution in [2.45, 2.75) is 50.3 Å². The van der Waals surface area contributed by atoms with Gasteiger partial charge in [0.15, 0.2) is 0 Å². The molecule has 1 rings (SSSR count). The van der Waals surface area contributed by atoms with Crippen LogP contribution in [0.1, 0.15) is 39.2 Å². The summed E-state index contributed by atoms with van der Waals surface area (Å²) >= 11 is 5.61. The van der Waals surface area contributed by atoms with Gasteiger partial charge in [0.1, 0.15) is 0 Å². The third-order valence-corrected chi connectivity index (χ3v) is 4.92. The first kappa shape index (κ1) is 15.1. The van der Waals surface area contributed by atoms with Crippen molar-refractivity contribution in [2.24, 2.45) is 0 Å². The molecule has 0 heterocycles. The molecular weight excluding hydrogens is 294 g/mol. The van der Waals surface area contributed by atoms with Gasteiger partial charge in [0.25, 0.3) is 0 Å². The molecule has 1 aromatic carbocycles. The Labute approximate surface area is 118 Å². The van der Waals surface area contributed by atoms with E-state index in [1.54, 1.807) is 0 Å². The van der Waals surface area contributed by atoms with Crippen LogP contribution in [0.15, 0.2) is 27.6 Å². The van der Waals surface area contributed by atoms with E-state index in [1.165, 1.54) is 27.8 Å². The predicted molar refractivity (Wildman–Crippen MR) is 81.7 cm³/mol. The van der Waals surface area contributed by atoms with Crippen molar-refractivity contribution in [2.75, 3.05) is 6.54 Å². The average molecular weight is 316 g/mol. The van der Waals surface area contributed by atoms with Crippen molar-refractivity contribution in [1.82, 2.24) is 5.32 Å². The van der Waals surface area contributed by atoms with Crippen molar-refractivity contribution >= 4 is 27.7 Å². The second kappa shape index (κ2) is 8.17. The van der Waals surface area contributed by atoms with Crippen LogP contribution in [0.25, 0.3) is 0 Å².